The fourth-order valence-corrected chi connectivity index (χ4v) is 1.30. The summed E-state index contributed by atoms with van der Waals surface area (Å²) in [5.41, 5.74) is 1.04. The second-order valence-corrected chi connectivity index (χ2v) is 2.80. The number of ketones is 1. The standard InChI is InChI=1S/C10H14O/c1-2-3-4-6-9-7-5-8-10(9)11/h2-3,7H,4-6,8H2,1H3/b3-2+. The van der Waals surface area contributed by atoms with Crippen molar-refractivity contribution >= 4 is 5.78 Å². The summed E-state index contributed by atoms with van der Waals surface area (Å²) in [7, 11) is 0. The Morgan fingerprint density at radius 3 is 3.00 bits per heavy atom. The Balaban J connectivity index is 2.31. The summed E-state index contributed by atoms with van der Waals surface area (Å²) in [5, 5.41) is 0. The van der Waals surface area contributed by atoms with Gasteiger partial charge in [-0.3, -0.25) is 4.79 Å². The van der Waals surface area contributed by atoms with E-state index in [1.54, 1.807) is 0 Å². The molecule has 0 bridgehead atoms. The molecular weight excluding hydrogens is 136 g/mol. The van der Waals surface area contributed by atoms with Gasteiger partial charge in [0.2, 0.25) is 0 Å². The Bertz CT molecular complexity index is 199. The number of hydrogen-bond donors (Lipinski definition) is 0. The van der Waals surface area contributed by atoms with Crippen LogP contribution in [-0.4, -0.2) is 5.78 Å². The third-order valence-corrected chi connectivity index (χ3v) is 1.94. The molecule has 0 atom stereocenters. The van der Waals surface area contributed by atoms with Crippen LogP contribution >= 0.6 is 0 Å². The van der Waals surface area contributed by atoms with E-state index < -0.39 is 0 Å². The second kappa shape index (κ2) is 4.12. The molecule has 11 heavy (non-hydrogen) atoms. The fraction of sp³-hybridized carbons (Fsp3) is 0.500. The van der Waals surface area contributed by atoms with Crippen LogP contribution < -0.4 is 0 Å². The van der Waals surface area contributed by atoms with Gasteiger partial charge >= 0.3 is 0 Å². The average molecular weight is 150 g/mol. The van der Waals surface area contributed by atoms with E-state index in [0.717, 1.165) is 31.3 Å². The molecule has 1 rings (SSSR count). The highest BCUT2D eigenvalue weighted by molar-refractivity contribution is 5.97. The minimum atomic E-state index is 0.356. The zero-order chi connectivity index (χ0) is 8.10. The van der Waals surface area contributed by atoms with E-state index in [1.165, 1.54) is 0 Å². The van der Waals surface area contributed by atoms with Crippen LogP contribution in [0.3, 0.4) is 0 Å². The molecule has 0 unspecified atom stereocenters. The monoisotopic (exact) mass is 150 g/mol. The molecule has 0 fully saturated rings. The van der Waals surface area contributed by atoms with E-state index >= 15 is 0 Å². The number of hydrogen-bond acceptors (Lipinski definition) is 1. The van der Waals surface area contributed by atoms with Gasteiger partial charge in [-0.1, -0.05) is 18.2 Å². The van der Waals surface area contributed by atoms with Crippen molar-refractivity contribution in [2.45, 2.75) is 32.6 Å². The Hall–Kier alpha value is -0.850. The molecule has 0 saturated carbocycles. The maximum Gasteiger partial charge on any atom is 0.158 e. The number of carbonyl (C=O) groups excluding carboxylic acids is 1. The van der Waals surface area contributed by atoms with Crippen molar-refractivity contribution < 1.29 is 4.79 Å². The van der Waals surface area contributed by atoms with E-state index in [1.807, 2.05) is 13.0 Å². The van der Waals surface area contributed by atoms with Crippen LogP contribution in [0.25, 0.3) is 0 Å². The minimum Gasteiger partial charge on any atom is -0.295 e. The first-order chi connectivity index (χ1) is 5.34. The van der Waals surface area contributed by atoms with E-state index in [2.05, 4.69) is 12.2 Å². The Labute approximate surface area is 67.8 Å². The SMILES string of the molecule is C/C=C/CCC1=CCCC1=O. The van der Waals surface area contributed by atoms with Crippen molar-refractivity contribution in [1.82, 2.24) is 0 Å². The Morgan fingerprint density at radius 2 is 2.45 bits per heavy atom. The van der Waals surface area contributed by atoms with Gasteiger partial charge in [0.1, 0.15) is 0 Å². The molecule has 0 aromatic heterocycles. The van der Waals surface area contributed by atoms with Crippen molar-refractivity contribution in [3.8, 4) is 0 Å². The quantitative estimate of drug-likeness (QED) is 0.565. The summed E-state index contributed by atoms with van der Waals surface area (Å²) in [6, 6.07) is 0. The molecule has 1 nitrogen and oxygen atoms in total. The molecule has 0 aromatic rings. The van der Waals surface area contributed by atoms with Crippen molar-refractivity contribution in [3.05, 3.63) is 23.8 Å². The predicted molar refractivity (Wildman–Crippen MR) is 46.4 cm³/mol. The zero-order valence-corrected chi connectivity index (χ0v) is 6.97. The molecule has 1 aliphatic carbocycles. The van der Waals surface area contributed by atoms with Crippen molar-refractivity contribution in [2.24, 2.45) is 0 Å². The predicted octanol–water partition coefficient (Wildman–Crippen LogP) is 2.63. The maximum absolute atomic E-state index is 11.1. The first kappa shape index (κ1) is 8.25. The normalized spacial score (nSPS) is 17.9. The highest BCUT2D eigenvalue weighted by Gasteiger charge is 2.12. The van der Waals surface area contributed by atoms with Gasteiger partial charge < -0.3 is 0 Å². The van der Waals surface area contributed by atoms with Crippen LogP contribution in [0, 0.1) is 0 Å². The van der Waals surface area contributed by atoms with Crippen molar-refractivity contribution in [2.75, 3.05) is 0 Å². The summed E-state index contributed by atoms with van der Waals surface area (Å²) >= 11 is 0. The maximum atomic E-state index is 11.1. The van der Waals surface area contributed by atoms with Gasteiger partial charge in [0.05, 0.1) is 0 Å². The van der Waals surface area contributed by atoms with Crippen LogP contribution in [0.15, 0.2) is 23.8 Å². The highest BCUT2D eigenvalue weighted by Crippen LogP contribution is 2.18. The number of carbonyl (C=O) groups is 1. The number of allylic oxidation sites excluding steroid dienone is 4. The lowest BCUT2D eigenvalue weighted by Crippen LogP contribution is -1.94. The molecule has 0 saturated heterocycles. The largest absolute Gasteiger partial charge is 0.295 e. The van der Waals surface area contributed by atoms with E-state index in [-0.39, 0.29) is 0 Å². The first-order valence-electron chi connectivity index (χ1n) is 4.18. The van der Waals surface area contributed by atoms with Gasteiger partial charge in [-0.05, 0) is 31.8 Å². The van der Waals surface area contributed by atoms with Crippen LogP contribution in [0.5, 0.6) is 0 Å². The van der Waals surface area contributed by atoms with Crippen molar-refractivity contribution in [3.63, 3.8) is 0 Å². The van der Waals surface area contributed by atoms with Gasteiger partial charge in [-0.25, -0.2) is 0 Å². The van der Waals surface area contributed by atoms with Gasteiger partial charge in [-0.2, -0.15) is 0 Å². The molecule has 0 aromatic carbocycles. The molecule has 60 valence electrons. The third-order valence-electron chi connectivity index (χ3n) is 1.94. The van der Waals surface area contributed by atoms with E-state index in [0.29, 0.717) is 5.78 Å². The Kier molecular flexibility index (Phi) is 3.09. The lowest BCUT2D eigenvalue weighted by Gasteiger charge is -1.94. The second-order valence-electron chi connectivity index (χ2n) is 2.80. The lowest BCUT2D eigenvalue weighted by molar-refractivity contribution is -0.115. The van der Waals surface area contributed by atoms with Crippen LogP contribution in [0.4, 0.5) is 0 Å². The van der Waals surface area contributed by atoms with Crippen LogP contribution in [0.1, 0.15) is 32.6 Å². The molecule has 0 heterocycles. The molecule has 0 N–H and O–H groups in total. The molecule has 1 heteroatoms. The summed E-state index contributed by atoms with van der Waals surface area (Å²) in [4.78, 5) is 11.1. The number of rotatable bonds is 3. The average Bonchev–Trinajstić information content (AvgIpc) is 2.37. The molecule has 0 aliphatic heterocycles. The molecule has 0 radical (unpaired) electrons. The van der Waals surface area contributed by atoms with E-state index in [9.17, 15) is 4.79 Å². The molecular formula is C10H14O. The van der Waals surface area contributed by atoms with Gasteiger partial charge in [-0.15, -0.1) is 0 Å². The van der Waals surface area contributed by atoms with Gasteiger partial charge in [0.25, 0.3) is 0 Å². The smallest absolute Gasteiger partial charge is 0.158 e. The zero-order valence-electron chi connectivity index (χ0n) is 6.97. The van der Waals surface area contributed by atoms with E-state index in [4.69, 9.17) is 0 Å². The van der Waals surface area contributed by atoms with Gasteiger partial charge in [0, 0.05) is 6.42 Å². The topological polar surface area (TPSA) is 17.1 Å². The molecule has 1 aliphatic rings. The summed E-state index contributed by atoms with van der Waals surface area (Å²) in [6.07, 6.45) is 9.85. The first-order valence-corrected chi connectivity index (χ1v) is 4.18. The minimum absolute atomic E-state index is 0.356. The summed E-state index contributed by atoms with van der Waals surface area (Å²) < 4.78 is 0. The summed E-state index contributed by atoms with van der Waals surface area (Å²) in [5.74, 6) is 0.356. The van der Waals surface area contributed by atoms with Crippen LogP contribution in [0.2, 0.25) is 0 Å². The Morgan fingerprint density at radius 1 is 1.64 bits per heavy atom. The molecule has 0 spiro atoms. The summed E-state index contributed by atoms with van der Waals surface area (Å²) in [6.45, 7) is 2.00. The van der Waals surface area contributed by atoms with Gasteiger partial charge in [0.15, 0.2) is 5.78 Å². The fourth-order valence-electron chi connectivity index (χ4n) is 1.30. The molecule has 0 amide bonds. The highest BCUT2D eigenvalue weighted by atomic mass is 16.1. The number of Topliss-reactive ketones (excluding diaryl/α,β-unsaturated/α-hetero) is 1. The third kappa shape index (κ3) is 2.34. The lowest BCUT2D eigenvalue weighted by atomic mass is 10.1. The van der Waals surface area contributed by atoms with Crippen LogP contribution in [-0.2, 0) is 4.79 Å². The van der Waals surface area contributed by atoms with Crippen molar-refractivity contribution in [1.29, 1.82) is 0 Å².